The molecule has 0 saturated carbocycles. The Labute approximate surface area is 124 Å². The molecule has 0 bridgehead atoms. The smallest absolute Gasteiger partial charge is 0.304 e. The van der Waals surface area contributed by atoms with Crippen LogP contribution in [0.15, 0.2) is 37.1 Å². The zero-order valence-electron chi connectivity index (χ0n) is 11.0. The lowest BCUT2D eigenvalue weighted by molar-refractivity contribution is -0.148. The minimum atomic E-state index is -0.764. The second kappa shape index (κ2) is 5.45. The summed E-state index contributed by atoms with van der Waals surface area (Å²) in [7, 11) is 0. The van der Waals surface area contributed by atoms with Crippen LogP contribution in [0, 0.1) is 0 Å². The van der Waals surface area contributed by atoms with Crippen molar-refractivity contribution in [1.29, 1.82) is 0 Å². The average Bonchev–Trinajstić information content (AvgIpc) is 2.91. The van der Waals surface area contributed by atoms with Crippen molar-refractivity contribution in [2.75, 3.05) is 0 Å². The van der Waals surface area contributed by atoms with E-state index in [-0.39, 0.29) is 5.15 Å². The van der Waals surface area contributed by atoms with Crippen molar-refractivity contribution >= 4 is 28.7 Å². The fourth-order valence-electron chi connectivity index (χ4n) is 1.93. The van der Waals surface area contributed by atoms with Gasteiger partial charge in [-0.25, -0.2) is 15.0 Å². The predicted molar refractivity (Wildman–Crippen MR) is 74.5 cm³/mol. The Balaban J connectivity index is 2.15. The molecule has 0 fully saturated rings. The number of hydrogen-bond acceptors (Lipinski definition) is 6. The standard InChI is InChI=1S/C13H10ClN5O2/c1-8(20)21-13(9-4-2-3-5-15-9)19-7-18-10-11(14)16-6-17-12(10)19/h2-7,13H,1H3/t13-/m0/s1. The third kappa shape index (κ3) is 2.55. The summed E-state index contributed by atoms with van der Waals surface area (Å²) in [5.41, 5.74) is 1.46. The van der Waals surface area contributed by atoms with Crippen molar-refractivity contribution in [3.05, 3.63) is 47.9 Å². The Bertz CT molecular complexity index is 790. The molecule has 0 aliphatic carbocycles. The largest absolute Gasteiger partial charge is 0.435 e. The van der Waals surface area contributed by atoms with Crippen LogP contribution in [-0.4, -0.2) is 30.5 Å². The maximum absolute atomic E-state index is 11.4. The van der Waals surface area contributed by atoms with Gasteiger partial charge in [0, 0.05) is 13.1 Å². The van der Waals surface area contributed by atoms with Gasteiger partial charge in [-0.1, -0.05) is 17.7 Å². The van der Waals surface area contributed by atoms with Crippen LogP contribution in [0.3, 0.4) is 0 Å². The number of ether oxygens (including phenoxy) is 1. The van der Waals surface area contributed by atoms with Gasteiger partial charge in [-0.15, -0.1) is 0 Å². The van der Waals surface area contributed by atoms with Gasteiger partial charge in [0.15, 0.2) is 10.8 Å². The molecule has 0 radical (unpaired) electrons. The number of fused-ring (bicyclic) bond motifs is 1. The number of carbonyl (C=O) groups is 1. The Morgan fingerprint density at radius 3 is 2.86 bits per heavy atom. The van der Waals surface area contributed by atoms with E-state index in [1.165, 1.54) is 19.6 Å². The molecule has 1 atom stereocenters. The molecule has 3 rings (SSSR count). The van der Waals surface area contributed by atoms with Crippen LogP contribution in [0.5, 0.6) is 0 Å². The van der Waals surface area contributed by atoms with Gasteiger partial charge in [-0.3, -0.25) is 14.3 Å². The molecule has 7 nitrogen and oxygen atoms in total. The summed E-state index contributed by atoms with van der Waals surface area (Å²) in [6, 6.07) is 5.33. The molecule has 0 aliphatic rings. The van der Waals surface area contributed by atoms with Gasteiger partial charge in [-0.2, -0.15) is 0 Å². The molecule has 21 heavy (non-hydrogen) atoms. The lowest BCUT2D eigenvalue weighted by atomic mass is 10.3. The normalized spacial score (nSPS) is 12.3. The number of carbonyl (C=O) groups excluding carboxylic acids is 1. The Kier molecular flexibility index (Phi) is 3.49. The van der Waals surface area contributed by atoms with Crippen molar-refractivity contribution < 1.29 is 9.53 Å². The monoisotopic (exact) mass is 303 g/mol. The number of halogens is 1. The minimum Gasteiger partial charge on any atom is -0.435 e. The summed E-state index contributed by atoms with van der Waals surface area (Å²) < 4.78 is 6.94. The highest BCUT2D eigenvalue weighted by molar-refractivity contribution is 6.33. The van der Waals surface area contributed by atoms with E-state index < -0.39 is 12.2 Å². The van der Waals surface area contributed by atoms with Crippen LogP contribution in [0.4, 0.5) is 0 Å². The first kappa shape index (κ1) is 13.4. The van der Waals surface area contributed by atoms with Crippen LogP contribution in [0.25, 0.3) is 11.2 Å². The van der Waals surface area contributed by atoms with Crippen LogP contribution >= 0.6 is 11.6 Å². The quantitative estimate of drug-likeness (QED) is 0.543. The second-order valence-electron chi connectivity index (χ2n) is 4.20. The molecule has 3 aromatic heterocycles. The molecular formula is C13H10ClN5O2. The number of hydrogen-bond donors (Lipinski definition) is 0. The number of pyridine rings is 1. The molecule has 0 saturated heterocycles. The van der Waals surface area contributed by atoms with Gasteiger partial charge in [0.25, 0.3) is 0 Å². The maximum Gasteiger partial charge on any atom is 0.304 e. The first-order valence-corrected chi connectivity index (χ1v) is 6.46. The zero-order chi connectivity index (χ0) is 14.8. The number of rotatable bonds is 3. The van der Waals surface area contributed by atoms with E-state index in [0.29, 0.717) is 16.9 Å². The van der Waals surface area contributed by atoms with E-state index in [1.807, 2.05) is 0 Å². The van der Waals surface area contributed by atoms with Crippen LogP contribution in [0.1, 0.15) is 18.8 Å². The second-order valence-corrected chi connectivity index (χ2v) is 4.56. The third-order valence-electron chi connectivity index (χ3n) is 2.79. The fourth-order valence-corrected chi connectivity index (χ4v) is 2.11. The summed E-state index contributed by atoms with van der Waals surface area (Å²) in [5.74, 6) is -0.437. The topological polar surface area (TPSA) is 82.8 Å². The lowest BCUT2D eigenvalue weighted by Crippen LogP contribution is -2.18. The number of nitrogens with zero attached hydrogens (tertiary/aromatic N) is 5. The summed E-state index contributed by atoms with van der Waals surface area (Å²) >= 11 is 5.98. The van der Waals surface area contributed by atoms with Crippen molar-refractivity contribution in [2.24, 2.45) is 0 Å². The van der Waals surface area contributed by atoms with Gasteiger partial charge in [0.2, 0.25) is 6.23 Å². The summed E-state index contributed by atoms with van der Waals surface area (Å²) in [6.45, 7) is 1.33. The van der Waals surface area contributed by atoms with Crippen LogP contribution in [-0.2, 0) is 9.53 Å². The van der Waals surface area contributed by atoms with Gasteiger partial charge in [0.05, 0.1) is 0 Å². The first-order chi connectivity index (χ1) is 10.2. The zero-order valence-corrected chi connectivity index (χ0v) is 11.7. The summed E-state index contributed by atoms with van der Waals surface area (Å²) in [5, 5.41) is 0.237. The van der Waals surface area contributed by atoms with Crippen molar-refractivity contribution in [3.63, 3.8) is 0 Å². The van der Waals surface area contributed by atoms with E-state index in [2.05, 4.69) is 19.9 Å². The Morgan fingerprint density at radius 1 is 1.29 bits per heavy atom. The van der Waals surface area contributed by atoms with E-state index in [9.17, 15) is 4.79 Å². The maximum atomic E-state index is 11.4. The van der Waals surface area contributed by atoms with E-state index >= 15 is 0 Å². The molecule has 0 spiro atoms. The molecule has 8 heteroatoms. The van der Waals surface area contributed by atoms with Crippen molar-refractivity contribution in [2.45, 2.75) is 13.2 Å². The molecule has 3 aromatic rings. The Hall–Kier alpha value is -2.54. The Morgan fingerprint density at radius 2 is 2.14 bits per heavy atom. The van der Waals surface area contributed by atoms with E-state index in [4.69, 9.17) is 16.3 Å². The highest BCUT2D eigenvalue weighted by Crippen LogP contribution is 2.24. The van der Waals surface area contributed by atoms with Gasteiger partial charge in [0.1, 0.15) is 23.9 Å². The van der Waals surface area contributed by atoms with Crippen LogP contribution in [0.2, 0.25) is 5.15 Å². The fraction of sp³-hybridized carbons (Fsp3) is 0.154. The molecule has 0 N–H and O–H groups in total. The number of imidazole rings is 1. The van der Waals surface area contributed by atoms with Gasteiger partial charge in [-0.05, 0) is 12.1 Å². The molecule has 3 heterocycles. The molecule has 0 aliphatic heterocycles. The molecule has 106 valence electrons. The number of esters is 1. The average molecular weight is 304 g/mol. The van der Waals surface area contributed by atoms with Gasteiger partial charge >= 0.3 is 5.97 Å². The van der Waals surface area contributed by atoms with E-state index in [1.54, 1.807) is 29.0 Å². The number of aromatic nitrogens is 5. The summed E-state index contributed by atoms with van der Waals surface area (Å²) in [6.07, 6.45) is 3.67. The molecule has 0 amide bonds. The predicted octanol–water partition coefficient (Wildman–Crippen LogP) is 1.98. The molecule has 0 aromatic carbocycles. The molecular weight excluding hydrogens is 294 g/mol. The first-order valence-electron chi connectivity index (χ1n) is 6.08. The van der Waals surface area contributed by atoms with Gasteiger partial charge < -0.3 is 4.74 Å². The van der Waals surface area contributed by atoms with Crippen LogP contribution < -0.4 is 0 Å². The van der Waals surface area contributed by atoms with E-state index in [0.717, 1.165) is 0 Å². The minimum absolute atomic E-state index is 0.237. The molecule has 0 unspecified atom stereocenters. The highest BCUT2D eigenvalue weighted by atomic mass is 35.5. The lowest BCUT2D eigenvalue weighted by Gasteiger charge is -2.17. The highest BCUT2D eigenvalue weighted by Gasteiger charge is 2.22. The van der Waals surface area contributed by atoms with Crippen molar-refractivity contribution in [1.82, 2.24) is 24.5 Å². The van der Waals surface area contributed by atoms with Crippen molar-refractivity contribution in [3.8, 4) is 0 Å². The third-order valence-corrected chi connectivity index (χ3v) is 3.06. The SMILES string of the molecule is CC(=O)O[C@@H](c1ccccn1)n1cnc2c(Cl)ncnc21. The summed E-state index contributed by atoms with van der Waals surface area (Å²) in [4.78, 5) is 27.8.